The smallest absolute Gasteiger partial charge is 0.00268 e. The van der Waals surface area contributed by atoms with Crippen molar-refractivity contribution >= 4 is 75.4 Å². The number of hydrogen-bond donors (Lipinski definition) is 0. The van der Waals surface area contributed by atoms with Crippen LogP contribution in [0.4, 0.5) is 0 Å². The number of hydrogen-bond acceptors (Lipinski definition) is 0. The third-order valence-electron chi connectivity index (χ3n) is 8.00. The number of rotatable bonds is 0. The lowest BCUT2D eigenvalue weighted by Gasteiger charge is -2.11. The third-order valence-corrected chi connectivity index (χ3v) is 8.00. The normalized spacial score (nSPS) is 11.7. The zero-order chi connectivity index (χ0) is 25.1. The Balaban J connectivity index is 0.000000124. The van der Waals surface area contributed by atoms with Crippen LogP contribution in [0.5, 0.6) is 0 Å². The maximum absolute atomic E-state index is 2.33. The molecule has 0 bridgehead atoms. The zero-order valence-corrected chi connectivity index (χ0v) is 20.9. The van der Waals surface area contributed by atoms with Crippen LogP contribution in [-0.2, 0) is 0 Å². The van der Waals surface area contributed by atoms with Crippen LogP contribution >= 0.6 is 0 Å². The zero-order valence-electron chi connectivity index (χ0n) is 20.9. The van der Waals surface area contributed by atoms with Gasteiger partial charge in [0.1, 0.15) is 0 Å². The Hall–Kier alpha value is -4.94. The molecule has 0 amide bonds. The summed E-state index contributed by atoms with van der Waals surface area (Å²) in [4.78, 5) is 0. The average molecular weight is 481 g/mol. The Morgan fingerprint density at radius 2 is 0.500 bits per heavy atom. The second kappa shape index (κ2) is 8.30. The van der Waals surface area contributed by atoms with Crippen molar-refractivity contribution in [2.75, 3.05) is 0 Å². The van der Waals surface area contributed by atoms with E-state index in [2.05, 4.69) is 146 Å². The minimum atomic E-state index is 1.30. The highest BCUT2D eigenvalue weighted by atomic mass is 14.1. The first-order valence-corrected chi connectivity index (χ1v) is 13.2. The first kappa shape index (κ1) is 21.2. The lowest BCUT2D eigenvalue weighted by atomic mass is 9.92. The highest BCUT2D eigenvalue weighted by molar-refractivity contribution is 6.27. The first-order chi connectivity index (χ1) is 18.8. The summed E-state index contributed by atoms with van der Waals surface area (Å²) in [6, 6.07) is 52.6. The van der Waals surface area contributed by atoms with Gasteiger partial charge >= 0.3 is 0 Å². The summed E-state index contributed by atoms with van der Waals surface area (Å²) < 4.78 is 0. The molecule has 9 rings (SSSR count). The molecule has 9 aromatic carbocycles. The van der Waals surface area contributed by atoms with E-state index in [0.29, 0.717) is 0 Å². The molecule has 0 saturated heterocycles. The molecule has 176 valence electrons. The summed E-state index contributed by atoms with van der Waals surface area (Å²) in [5.41, 5.74) is 0. The van der Waals surface area contributed by atoms with Crippen molar-refractivity contribution in [1.82, 2.24) is 0 Å². The first-order valence-electron chi connectivity index (χ1n) is 13.2. The number of benzene rings is 9. The third kappa shape index (κ3) is 3.17. The molecule has 0 aliphatic heterocycles. The highest BCUT2D eigenvalue weighted by Crippen LogP contribution is 2.37. The van der Waals surface area contributed by atoms with Gasteiger partial charge in [-0.15, -0.1) is 0 Å². The van der Waals surface area contributed by atoms with Crippen LogP contribution in [0.15, 0.2) is 146 Å². The van der Waals surface area contributed by atoms with Crippen LogP contribution in [0.1, 0.15) is 0 Å². The van der Waals surface area contributed by atoms with Crippen LogP contribution in [-0.4, -0.2) is 0 Å². The largest absolute Gasteiger partial charge is 0.0616 e. The Bertz CT molecular complexity index is 2060. The van der Waals surface area contributed by atoms with Gasteiger partial charge in [0.05, 0.1) is 0 Å². The van der Waals surface area contributed by atoms with E-state index in [9.17, 15) is 0 Å². The Labute approximate surface area is 220 Å². The van der Waals surface area contributed by atoms with Crippen LogP contribution < -0.4 is 0 Å². The molecule has 0 heteroatoms. The van der Waals surface area contributed by atoms with Gasteiger partial charge < -0.3 is 0 Å². The summed E-state index contributed by atoms with van der Waals surface area (Å²) in [6.07, 6.45) is 0. The molecule has 0 aliphatic carbocycles. The van der Waals surface area contributed by atoms with Gasteiger partial charge in [-0.3, -0.25) is 0 Å². The Morgan fingerprint density at radius 1 is 0.211 bits per heavy atom. The molecule has 9 aromatic rings. The van der Waals surface area contributed by atoms with Crippen molar-refractivity contribution in [1.29, 1.82) is 0 Å². The lowest BCUT2D eigenvalue weighted by molar-refractivity contribution is 1.78. The summed E-state index contributed by atoms with van der Waals surface area (Å²) in [7, 11) is 0. The van der Waals surface area contributed by atoms with Crippen molar-refractivity contribution in [2.24, 2.45) is 0 Å². The van der Waals surface area contributed by atoms with E-state index in [0.717, 1.165) is 0 Å². The summed E-state index contributed by atoms with van der Waals surface area (Å²) >= 11 is 0. The van der Waals surface area contributed by atoms with Crippen molar-refractivity contribution in [3.8, 4) is 0 Å². The number of fused-ring (bicyclic) bond motifs is 7. The van der Waals surface area contributed by atoms with Gasteiger partial charge in [-0.1, -0.05) is 133 Å². The van der Waals surface area contributed by atoms with E-state index >= 15 is 0 Å². The molecule has 0 spiro atoms. The fourth-order valence-electron chi connectivity index (χ4n) is 6.26. The van der Waals surface area contributed by atoms with Gasteiger partial charge in [-0.05, 0) is 87.5 Å². The molecule has 0 fully saturated rings. The van der Waals surface area contributed by atoms with E-state index in [4.69, 9.17) is 0 Å². The summed E-state index contributed by atoms with van der Waals surface area (Å²) in [5, 5.41) is 18.8. The van der Waals surface area contributed by atoms with Crippen LogP contribution in [0.3, 0.4) is 0 Å². The van der Waals surface area contributed by atoms with Gasteiger partial charge in [-0.25, -0.2) is 0 Å². The fourth-order valence-corrected chi connectivity index (χ4v) is 6.26. The van der Waals surface area contributed by atoms with Gasteiger partial charge in [-0.2, -0.15) is 0 Å². The minimum Gasteiger partial charge on any atom is -0.0616 e. The van der Waals surface area contributed by atoms with E-state index in [-0.39, 0.29) is 0 Å². The quantitative estimate of drug-likeness (QED) is 0.150. The minimum absolute atomic E-state index is 1.30. The van der Waals surface area contributed by atoms with E-state index in [1.807, 2.05) is 0 Å². The molecule has 0 saturated carbocycles. The Morgan fingerprint density at radius 3 is 0.868 bits per heavy atom. The average Bonchev–Trinajstić information content (AvgIpc) is 3.00. The maximum atomic E-state index is 2.33. The summed E-state index contributed by atoms with van der Waals surface area (Å²) in [5.74, 6) is 0. The SMILES string of the molecule is c1cc2ccc3cccc4ccc(c1)c2c34.c1ccc2cc3c4ccccc4c4ccccc4c3cc2c1. The standard InChI is InChI=1S/C22H14.C16H10/c1-2-8-16-14-22-20-12-6-4-10-18(20)17-9-3-5-11-19(17)21(22)13-15(16)7-1;1-3-11-7-9-13-5-2-6-14-10-8-12(4-1)15(11)16(13)14/h1-14H;1-10H. The fraction of sp³-hybridized carbons (Fsp3) is 0. The summed E-state index contributed by atoms with van der Waals surface area (Å²) in [6.45, 7) is 0. The van der Waals surface area contributed by atoms with Crippen molar-refractivity contribution in [3.63, 3.8) is 0 Å². The predicted molar refractivity (Wildman–Crippen MR) is 167 cm³/mol. The molecule has 0 unspecified atom stereocenters. The van der Waals surface area contributed by atoms with Crippen molar-refractivity contribution in [2.45, 2.75) is 0 Å². The van der Waals surface area contributed by atoms with Gasteiger partial charge in [0.15, 0.2) is 0 Å². The molecule has 0 radical (unpaired) electrons. The van der Waals surface area contributed by atoms with Gasteiger partial charge in [0.25, 0.3) is 0 Å². The molecule has 38 heavy (non-hydrogen) atoms. The highest BCUT2D eigenvalue weighted by Gasteiger charge is 2.09. The second-order valence-electron chi connectivity index (χ2n) is 10.1. The molecule has 0 aromatic heterocycles. The molecule has 0 atom stereocenters. The van der Waals surface area contributed by atoms with Crippen LogP contribution in [0.25, 0.3) is 75.4 Å². The molecular weight excluding hydrogens is 456 g/mol. The maximum Gasteiger partial charge on any atom is -0.00268 e. The topological polar surface area (TPSA) is 0 Å². The second-order valence-corrected chi connectivity index (χ2v) is 10.1. The lowest BCUT2D eigenvalue weighted by Crippen LogP contribution is -1.83. The van der Waals surface area contributed by atoms with Crippen molar-refractivity contribution < 1.29 is 0 Å². The molecular formula is C38H24. The van der Waals surface area contributed by atoms with Gasteiger partial charge in [0, 0.05) is 0 Å². The molecule has 0 heterocycles. The van der Waals surface area contributed by atoms with Crippen LogP contribution in [0.2, 0.25) is 0 Å². The monoisotopic (exact) mass is 480 g/mol. The van der Waals surface area contributed by atoms with Crippen molar-refractivity contribution in [3.05, 3.63) is 146 Å². The molecule has 0 aliphatic rings. The van der Waals surface area contributed by atoms with E-state index < -0.39 is 0 Å². The van der Waals surface area contributed by atoms with E-state index in [1.54, 1.807) is 0 Å². The predicted octanol–water partition coefficient (Wildman–Crippen LogP) is 10.9. The molecule has 0 N–H and O–H groups in total. The van der Waals surface area contributed by atoms with Gasteiger partial charge in [0.2, 0.25) is 0 Å². The van der Waals surface area contributed by atoms with Crippen LogP contribution in [0, 0.1) is 0 Å². The van der Waals surface area contributed by atoms with E-state index in [1.165, 1.54) is 75.4 Å². The Kier molecular flexibility index (Phi) is 4.62. The molecule has 0 nitrogen and oxygen atoms in total.